The SMILES string of the molecule is Cc1ncc(C)c2c1[nH]c1ccccc12. The number of nitrogens with one attached hydrogen (secondary N) is 1. The van der Waals surface area contributed by atoms with Crippen LogP contribution in [-0.2, 0) is 0 Å². The van der Waals surface area contributed by atoms with E-state index in [0.717, 1.165) is 11.2 Å². The van der Waals surface area contributed by atoms with Gasteiger partial charge in [0.15, 0.2) is 0 Å². The Bertz CT molecular complexity index is 650. The molecule has 0 aliphatic heterocycles. The van der Waals surface area contributed by atoms with Gasteiger partial charge in [-0.2, -0.15) is 0 Å². The third kappa shape index (κ3) is 1.08. The molecule has 0 bridgehead atoms. The van der Waals surface area contributed by atoms with E-state index in [1.54, 1.807) is 0 Å². The fraction of sp³-hybridized carbons (Fsp3) is 0.154. The first kappa shape index (κ1) is 8.48. The van der Waals surface area contributed by atoms with Gasteiger partial charge in [0.25, 0.3) is 0 Å². The number of hydrogen-bond acceptors (Lipinski definition) is 1. The molecule has 0 saturated heterocycles. The average Bonchev–Trinajstić information content (AvgIpc) is 2.64. The smallest absolute Gasteiger partial charge is 0.0683 e. The zero-order valence-corrected chi connectivity index (χ0v) is 8.83. The Kier molecular flexibility index (Phi) is 1.60. The molecule has 0 aliphatic rings. The molecule has 0 atom stereocenters. The predicted octanol–water partition coefficient (Wildman–Crippen LogP) is 3.33. The van der Waals surface area contributed by atoms with Crippen molar-refractivity contribution in [3.05, 3.63) is 41.7 Å². The van der Waals surface area contributed by atoms with Gasteiger partial charge in [0.1, 0.15) is 0 Å². The molecule has 74 valence electrons. The number of aryl methyl sites for hydroxylation is 2. The number of pyridine rings is 1. The highest BCUT2D eigenvalue weighted by Gasteiger charge is 2.08. The monoisotopic (exact) mass is 196 g/mol. The van der Waals surface area contributed by atoms with Crippen molar-refractivity contribution in [3.63, 3.8) is 0 Å². The minimum Gasteiger partial charge on any atom is -0.353 e. The molecular weight excluding hydrogens is 184 g/mol. The molecule has 0 amide bonds. The van der Waals surface area contributed by atoms with Crippen LogP contribution in [0.1, 0.15) is 11.3 Å². The van der Waals surface area contributed by atoms with Gasteiger partial charge in [-0.05, 0) is 25.5 Å². The minimum atomic E-state index is 1.06. The van der Waals surface area contributed by atoms with Gasteiger partial charge < -0.3 is 4.98 Å². The van der Waals surface area contributed by atoms with E-state index in [1.165, 1.54) is 21.9 Å². The lowest BCUT2D eigenvalue weighted by Gasteiger charge is -1.98. The van der Waals surface area contributed by atoms with Crippen LogP contribution in [0.3, 0.4) is 0 Å². The highest BCUT2D eigenvalue weighted by molar-refractivity contribution is 6.09. The average molecular weight is 196 g/mol. The van der Waals surface area contributed by atoms with Gasteiger partial charge in [0.05, 0.1) is 11.2 Å². The highest BCUT2D eigenvalue weighted by atomic mass is 14.8. The molecule has 3 aromatic rings. The number of aromatic amines is 1. The van der Waals surface area contributed by atoms with Crippen molar-refractivity contribution in [2.24, 2.45) is 0 Å². The number of nitrogens with zero attached hydrogens (tertiary/aromatic N) is 1. The number of H-pyrrole nitrogens is 1. The van der Waals surface area contributed by atoms with Gasteiger partial charge in [0.2, 0.25) is 0 Å². The molecule has 0 unspecified atom stereocenters. The number of benzene rings is 1. The van der Waals surface area contributed by atoms with Crippen LogP contribution in [-0.4, -0.2) is 9.97 Å². The van der Waals surface area contributed by atoms with Crippen molar-refractivity contribution in [2.45, 2.75) is 13.8 Å². The van der Waals surface area contributed by atoms with E-state index in [0.29, 0.717) is 0 Å². The number of aromatic nitrogens is 2. The fourth-order valence-electron chi connectivity index (χ4n) is 2.15. The third-order valence-electron chi connectivity index (χ3n) is 2.91. The van der Waals surface area contributed by atoms with E-state index in [-0.39, 0.29) is 0 Å². The van der Waals surface area contributed by atoms with Gasteiger partial charge in [-0.25, -0.2) is 0 Å². The van der Waals surface area contributed by atoms with Gasteiger partial charge in [-0.3, -0.25) is 4.98 Å². The topological polar surface area (TPSA) is 28.7 Å². The van der Waals surface area contributed by atoms with Crippen molar-refractivity contribution in [1.82, 2.24) is 9.97 Å². The zero-order chi connectivity index (χ0) is 10.4. The molecule has 2 heteroatoms. The van der Waals surface area contributed by atoms with Crippen LogP contribution in [0.5, 0.6) is 0 Å². The zero-order valence-electron chi connectivity index (χ0n) is 8.83. The predicted molar refractivity (Wildman–Crippen MR) is 63.1 cm³/mol. The molecule has 0 saturated carbocycles. The van der Waals surface area contributed by atoms with E-state index in [2.05, 4.69) is 41.2 Å². The Labute approximate surface area is 88.0 Å². The van der Waals surface area contributed by atoms with Crippen LogP contribution >= 0.6 is 0 Å². The van der Waals surface area contributed by atoms with Crippen LogP contribution in [0.4, 0.5) is 0 Å². The first-order chi connectivity index (χ1) is 7.27. The van der Waals surface area contributed by atoms with Crippen LogP contribution in [0, 0.1) is 13.8 Å². The van der Waals surface area contributed by atoms with Gasteiger partial charge in [-0.1, -0.05) is 18.2 Å². The lowest BCUT2D eigenvalue weighted by Crippen LogP contribution is -1.84. The largest absolute Gasteiger partial charge is 0.353 e. The summed E-state index contributed by atoms with van der Waals surface area (Å²) in [6.07, 6.45) is 1.94. The van der Waals surface area contributed by atoms with Crippen molar-refractivity contribution in [1.29, 1.82) is 0 Å². The summed E-state index contributed by atoms with van der Waals surface area (Å²) < 4.78 is 0. The van der Waals surface area contributed by atoms with Crippen LogP contribution < -0.4 is 0 Å². The number of para-hydroxylation sites is 1. The number of fused-ring (bicyclic) bond motifs is 3. The standard InChI is InChI=1S/C13H12N2/c1-8-7-14-9(2)13-12(8)10-5-3-4-6-11(10)15-13/h3-7,15H,1-2H3. The van der Waals surface area contributed by atoms with Crippen LogP contribution in [0.2, 0.25) is 0 Å². The van der Waals surface area contributed by atoms with E-state index in [9.17, 15) is 0 Å². The fourth-order valence-corrected chi connectivity index (χ4v) is 2.15. The van der Waals surface area contributed by atoms with Crippen LogP contribution in [0.15, 0.2) is 30.5 Å². The number of hydrogen-bond donors (Lipinski definition) is 1. The van der Waals surface area contributed by atoms with E-state index in [4.69, 9.17) is 0 Å². The normalized spacial score (nSPS) is 11.3. The number of rotatable bonds is 0. The molecule has 0 radical (unpaired) electrons. The summed E-state index contributed by atoms with van der Waals surface area (Å²) >= 11 is 0. The maximum Gasteiger partial charge on any atom is 0.0683 e. The molecule has 2 nitrogen and oxygen atoms in total. The summed E-state index contributed by atoms with van der Waals surface area (Å²) in [5, 5.41) is 2.59. The third-order valence-corrected chi connectivity index (χ3v) is 2.91. The molecule has 0 aliphatic carbocycles. The Morgan fingerprint density at radius 3 is 2.80 bits per heavy atom. The van der Waals surface area contributed by atoms with Crippen molar-refractivity contribution in [3.8, 4) is 0 Å². The molecule has 0 fully saturated rings. The second-order valence-corrected chi connectivity index (χ2v) is 3.95. The summed E-state index contributed by atoms with van der Waals surface area (Å²) in [5.74, 6) is 0. The van der Waals surface area contributed by atoms with Gasteiger partial charge in [0, 0.05) is 22.5 Å². The second kappa shape index (κ2) is 2.83. The quantitative estimate of drug-likeness (QED) is 0.587. The summed E-state index contributed by atoms with van der Waals surface area (Å²) in [4.78, 5) is 7.80. The van der Waals surface area contributed by atoms with Crippen molar-refractivity contribution < 1.29 is 0 Å². The Balaban J connectivity index is 2.66. The van der Waals surface area contributed by atoms with Gasteiger partial charge >= 0.3 is 0 Å². The molecule has 1 aromatic carbocycles. The van der Waals surface area contributed by atoms with E-state index in [1.807, 2.05) is 13.1 Å². The Morgan fingerprint density at radius 1 is 1.13 bits per heavy atom. The Morgan fingerprint density at radius 2 is 1.93 bits per heavy atom. The van der Waals surface area contributed by atoms with E-state index >= 15 is 0 Å². The molecule has 1 N–H and O–H groups in total. The molecule has 0 spiro atoms. The maximum absolute atomic E-state index is 4.37. The Hall–Kier alpha value is -1.83. The molecule has 15 heavy (non-hydrogen) atoms. The first-order valence-corrected chi connectivity index (χ1v) is 5.10. The lowest BCUT2D eigenvalue weighted by molar-refractivity contribution is 1.20. The van der Waals surface area contributed by atoms with Crippen molar-refractivity contribution in [2.75, 3.05) is 0 Å². The van der Waals surface area contributed by atoms with Crippen molar-refractivity contribution >= 4 is 21.8 Å². The van der Waals surface area contributed by atoms with Gasteiger partial charge in [-0.15, -0.1) is 0 Å². The summed E-state index contributed by atoms with van der Waals surface area (Å²) in [6, 6.07) is 8.38. The lowest BCUT2D eigenvalue weighted by atomic mass is 10.1. The summed E-state index contributed by atoms with van der Waals surface area (Å²) in [6.45, 7) is 4.15. The second-order valence-electron chi connectivity index (χ2n) is 3.95. The summed E-state index contributed by atoms with van der Waals surface area (Å²) in [5.41, 5.74) is 4.64. The molecule has 2 heterocycles. The highest BCUT2D eigenvalue weighted by Crippen LogP contribution is 2.28. The maximum atomic E-state index is 4.37. The van der Waals surface area contributed by atoms with E-state index < -0.39 is 0 Å². The summed E-state index contributed by atoms with van der Waals surface area (Å²) in [7, 11) is 0. The molecule has 3 rings (SSSR count). The first-order valence-electron chi connectivity index (χ1n) is 5.10. The minimum absolute atomic E-state index is 1.06. The molecule has 2 aromatic heterocycles. The van der Waals surface area contributed by atoms with Crippen LogP contribution in [0.25, 0.3) is 21.8 Å². The molecular formula is C13H12N2.